The van der Waals surface area contributed by atoms with Crippen LogP contribution in [0.3, 0.4) is 0 Å². The molecular weight excluding hydrogens is 274 g/mol. The maximum Gasteiger partial charge on any atom is 0.220 e. The number of piperidine rings is 1. The van der Waals surface area contributed by atoms with Crippen LogP contribution in [0.4, 0.5) is 0 Å². The lowest BCUT2D eigenvalue weighted by molar-refractivity contribution is -0.123. The molecule has 0 unspecified atom stereocenters. The second-order valence-corrected chi connectivity index (χ2v) is 6.52. The molecule has 0 aromatic heterocycles. The molecule has 1 aliphatic rings. The van der Waals surface area contributed by atoms with E-state index in [2.05, 4.69) is 41.8 Å². The van der Waals surface area contributed by atoms with E-state index < -0.39 is 0 Å². The van der Waals surface area contributed by atoms with Crippen LogP contribution in [0.5, 0.6) is 0 Å². The summed E-state index contributed by atoms with van der Waals surface area (Å²) in [5.74, 6) is 0.728. The first-order valence-corrected chi connectivity index (χ1v) is 8.35. The number of carbonyl (C=O) groups is 1. The first-order valence-electron chi connectivity index (χ1n) is 8.35. The number of nitrogens with one attached hydrogen (secondary N) is 2. The van der Waals surface area contributed by atoms with E-state index in [1.165, 1.54) is 5.56 Å². The van der Waals surface area contributed by atoms with E-state index in [9.17, 15) is 4.79 Å². The fourth-order valence-electron chi connectivity index (χ4n) is 3.00. The van der Waals surface area contributed by atoms with Gasteiger partial charge in [0.2, 0.25) is 5.91 Å². The molecule has 1 aromatic carbocycles. The number of nitrogens with zero attached hydrogens (tertiary/aromatic N) is 1. The van der Waals surface area contributed by atoms with E-state index in [0.717, 1.165) is 38.9 Å². The van der Waals surface area contributed by atoms with Gasteiger partial charge in [-0.15, -0.1) is 0 Å². The molecule has 2 rings (SSSR count). The van der Waals surface area contributed by atoms with Crippen LogP contribution in [0.15, 0.2) is 30.3 Å². The molecule has 0 saturated carbocycles. The summed E-state index contributed by atoms with van der Waals surface area (Å²) < 4.78 is 0. The highest BCUT2D eigenvalue weighted by Gasteiger charge is 2.20. The smallest absolute Gasteiger partial charge is 0.220 e. The molecule has 1 atom stereocenters. The van der Waals surface area contributed by atoms with Gasteiger partial charge in [-0.2, -0.15) is 0 Å². The van der Waals surface area contributed by atoms with Crippen molar-refractivity contribution >= 4 is 5.91 Å². The highest BCUT2D eigenvalue weighted by Crippen LogP contribution is 2.20. The molecule has 2 N–H and O–H groups in total. The molecule has 22 heavy (non-hydrogen) atoms. The van der Waals surface area contributed by atoms with Gasteiger partial charge in [-0.25, -0.2) is 0 Å². The third-order valence-corrected chi connectivity index (χ3v) is 4.33. The van der Waals surface area contributed by atoms with Gasteiger partial charge in [-0.3, -0.25) is 4.79 Å². The molecule has 4 nitrogen and oxygen atoms in total. The fraction of sp³-hybridized carbons (Fsp3) is 0.611. The van der Waals surface area contributed by atoms with Crippen LogP contribution in [-0.4, -0.2) is 44.5 Å². The van der Waals surface area contributed by atoms with Crippen molar-refractivity contribution in [2.24, 2.45) is 5.92 Å². The van der Waals surface area contributed by atoms with Gasteiger partial charge in [0.05, 0.1) is 6.04 Å². The monoisotopic (exact) mass is 303 g/mol. The van der Waals surface area contributed by atoms with Crippen molar-refractivity contribution in [3.8, 4) is 0 Å². The van der Waals surface area contributed by atoms with Crippen molar-refractivity contribution in [2.45, 2.75) is 31.7 Å². The van der Waals surface area contributed by atoms with Crippen molar-refractivity contribution in [1.82, 2.24) is 15.5 Å². The average Bonchev–Trinajstić information content (AvgIpc) is 2.53. The van der Waals surface area contributed by atoms with E-state index in [1.807, 2.05) is 18.2 Å². The Kier molecular flexibility index (Phi) is 6.87. The number of amides is 1. The van der Waals surface area contributed by atoms with Gasteiger partial charge in [-0.05, 0) is 64.5 Å². The molecule has 0 spiro atoms. The van der Waals surface area contributed by atoms with Gasteiger partial charge >= 0.3 is 0 Å². The number of carbonyl (C=O) groups excluding carboxylic acids is 1. The zero-order valence-corrected chi connectivity index (χ0v) is 13.8. The van der Waals surface area contributed by atoms with Crippen LogP contribution >= 0.6 is 0 Å². The fourth-order valence-corrected chi connectivity index (χ4v) is 3.00. The third kappa shape index (κ3) is 5.78. The summed E-state index contributed by atoms with van der Waals surface area (Å²) in [6, 6.07) is 10.4. The average molecular weight is 303 g/mol. The number of benzene rings is 1. The second-order valence-electron chi connectivity index (χ2n) is 6.52. The Morgan fingerprint density at radius 1 is 1.27 bits per heavy atom. The molecule has 1 aromatic rings. The summed E-state index contributed by atoms with van der Waals surface area (Å²) in [7, 11) is 4.14. The van der Waals surface area contributed by atoms with Crippen LogP contribution in [0.25, 0.3) is 0 Å². The summed E-state index contributed by atoms with van der Waals surface area (Å²) in [4.78, 5) is 14.6. The Bertz CT molecular complexity index is 441. The molecular formula is C18H29N3O. The maximum absolute atomic E-state index is 12.4. The Morgan fingerprint density at radius 3 is 2.59 bits per heavy atom. The van der Waals surface area contributed by atoms with E-state index in [1.54, 1.807) is 0 Å². The van der Waals surface area contributed by atoms with Crippen molar-refractivity contribution in [2.75, 3.05) is 33.7 Å². The van der Waals surface area contributed by atoms with Gasteiger partial charge < -0.3 is 15.5 Å². The molecule has 0 radical (unpaired) electrons. The molecule has 1 amide bonds. The lowest BCUT2D eigenvalue weighted by Gasteiger charge is -2.25. The van der Waals surface area contributed by atoms with Gasteiger partial charge in [-0.1, -0.05) is 30.3 Å². The molecule has 1 heterocycles. The first kappa shape index (κ1) is 17.0. The number of hydrogen-bond acceptors (Lipinski definition) is 3. The number of rotatable bonds is 7. The SMILES string of the molecule is CN(C)CC[C@@H](NC(=O)CC1CCNCC1)c1ccccc1. The zero-order chi connectivity index (χ0) is 15.8. The summed E-state index contributed by atoms with van der Waals surface area (Å²) in [5, 5.41) is 6.60. The van der Waals surface area contributed by atoms with Gasteiger partial charge in [0.15, 0.2) is 0 Å². The van der Waals surface area contributed by atoms with Crippen molar-refractivity contribution in [3.05, 3.63) is 35.9 Å². The van der Waals surface area contributed by atoms with E-state index in [4.69, 9.17) is 0 Å². The van der Waals surface area contributed by atoms with E-state index >= 15 is 0 Å². The Balaban J connectivity index is 1.91. The molecule has 1 fully saturated rings. The summed E-state index contributed by atoms with van der Waals surface area (Å²) >= 11 is 0. The lowest BCUT2D eigenvalue weighted by Crippen LogP contribution is -2.34. The largest absolute Gasteiger partial charge is 0.349 e. The normalized spacial score (nSPS) is 17.4. The zero-order valence-electron chi connectivity index (χ0n) is 13.8. The molecule has 0 bridgehead atoms. The minimum absolute atomic E-state index is 0.109. The van der Waals surface area contributed by atoms with Crippen LogP contribution in [0.1, 0.15) is 37.3 Å². The predicted octanol–water partition coefficient (Wildman–Crippen LogP) is 2.19. The maximum atomic E-state index is 12.4. The summed E-state index contributed by atoms with van der Waals surface area (Å²) in [6.07, 6.45) is 3.82. The predicted molar refractivity (Wildman–Crippen MR) is 90.7 cm³/mol. The molecule has 1 saturated heterocycles. The first-order chi connectivity index (χ1) is 10.6. The topological polar surface area (TPSA) is 44.4 Å². The summed E-state index contributed by atoms with van der Waals surface area (Å²) in [5.41, 5.74) is 1.20. The van der Waals surface area contributed by atoms with Crippen molar-refractivity contribution in [3.63, 3.8) is 0 Å². The van der Waals surface area contributed by atoms with Crippen LogP contribution < -0.4 is 10.6 Å². The van der Waals surface area contributed by atoms with E-state index in [0.29, 0.717) is 12.3 Å². The number of hydrogen-bond donors (Lipinski definition) is 2. The Labute approximate surface area is 134 Å². The summed E-state index contributed by atoms with van der Waals surface area (Å²) in [6.45, 7) is 3.05. The highest BCUT2D eigenvalue weighted by atomic mass is 16.1. The molecule has 0 aliphatic carbocycles. The van der Waals surface area contributed by atoms with Gasteiger partial charge in [0.1, 0.15) is 0 Å². The van der Waals surface area contributed by atoms with Gasteiger partial charge in [0, 0.05) is 6.42 Å². The molecule has 122 valence electrons. The Hall–Kier alpha value is -1.39. The quantitative estimate of drug-likeness (QED) is 0.811. The lowest BCUT2D eigenvalue weighted by atomic mass is 9.94. The third-order valence-electron chi connectivity index (χ3n) is 4.33. The van der Waals surface area contributed by atoms with E-state index in [-0.39, 0.29) is 11.9 Å². The highest BCUT2D eigenvalue weighted by molar-refractivity contribution is 5.76. The van der Waals surface area contributed by atoms with Crippen molar-refractivity contribution < 1.29 is 4.79 Å². The minimum Gasteiger partial charge on any atom is -0.349 e. The van der Waals surface area contributed by atoms with Crippen molar-refractivity contribution in [1.29, 1.82) is 0 Å². The van der Waals surface area contributed by atoms with Crippen LogP contribution in [-0.2, 0) is 4.79 Å². The second kappa shape index (κ2) is 8.91. The standard InChI is InChI=1S/C18H29N3O/c1-21(2)13-10-17(16-6-4-3-5-7-16)20-18(22)14-15-8-11-19-12-9-15/h3-7,15,17,19H,8-14H2,1-2H3,(H,20,22)/t17-/m1/s1. The van der Waals surface area contributed by atoms with Gasteiger partial charge in [0.25, 0.3) is 0 Å². The minimum atomic E-state index is 0.109. The Morgan fingerprint density at radius 2 is 1.95 bits per heavy atom. The molecule has 4 heteroatoms. The molecule has 1 aliphatic heterocycles. The van der Waals surface area contributed by atoms with Crippen LogP contribution in [0, 0.1) is 5.92 Å². The van der Waals surface area contributed by atoms with Crippen LogP contribution in [0.2, 0.25) is 0 Å².